The number of carbonyl (C=O) groups excluding carboxylic acids is 2. The van der Waals surface area contributed by atoms with Crippen LogP contribution in [0.2, 0.25) is 0 Å². The highest BCUT2D eigenvalue weighted by molar-refractivity contribution is 7.99. The van der Waals surface area contributed by atoms with Gasteiger partial charge in [0.1, 0.15) is 0 Å². The molecule has 2 amide bonds. The Morgan fingerprint density at radius 3 is 2.85 bits per heavy atom. The second kappa shape index (κ2) is 7.94. The lowest BCUT2D eigenvalue weighted by molar-refractivity contribution is -0.131. The van der Waals surface area contributed by atoms with Crippen molar-refractivity contribution in [2.45, 2.75) is 24.2 Å². The molecule has 1 aliphatic heterocycles. The highest BCUT2D eigenvalue weighted by Crippen LogP contribution is 2.18. The molecule has 1 heterocycles. The molecule has 1 aromatic rings. The average Bonchev–Trinajstić information content (AvgIpc) is 2.69. The normalized spacial score (nSPS) is 15.6. The Morgan fingerprint density at radius 2 is 2.05 bits per heavy atom. The fourth-order valence-electron chi connectivity index (χ4n) is 2.10. The number of carbonyl (C=O) groups is 2. The number of thioether (sulfide) groups is 1. The molecule has 0 aromatic heterocycles. The average molecular weight is 292 g/mol. The Labute approximate surface area is 123 Å². The summed E-state index contributed by atoms with van der Waals surface area (Å²) in [4.78, 5) is 26.3. The van der Waals surface area contributed by atoms with Crippen molar-refractivity contribution >= 4 is 23.6 Å². The van der Waals surface area contributed by atoms with Gasteiger partial charge in [0.2, 0.25) is 11.8 Å². The highest BCUT2D eigenvalue weighted by atomic mass is 32.2. The highest BCUT2D eigenvalue weighted by Gasteiger charge is 2.17. The minimum Gasteiger partial charge on any atom is -0.354 e. The van der Waals surface area contributed by atoms with Crippen molar-refractivity contribution in [1.29, 1.82) is 0 Å². The van der Waals surface area contributed by atoms with E-state index in [2.05, 4.69) is 17.4 Å². The zero-order chi connectivity index (χ0) is 14.2. The maximum atomic E-state index is 12.0. The fraction of sp³-hybridized carbons (Fsp3) is 0.467. The molecular formula is C15H20N2O2S. The van der Waals surface area contributed by atoms with Crippen LogP contribution in [0, 0.1) is 0 Å². The van der Waals surface area contributed by atoms with Crippen LogP contribution in [0.4, 0.5) is 0 Å². The van der Waals surface area contributed by atoms with E-state index >= 15 is 0 Å². The first-order chi connectivity index (χ1) is 9.75. The van der Waals surface area contributed by atoms with Crippen LogP contribution in [-0.2, 0) is 9.59 Å². The molecule has 0 unspecified atom stereocenters. The summed E-state index contributed by atoms with van der Waals surface area (Å²) in [6, 6.07) is 10.2. The van der Waals surface area contributed by atoms with Gasteiger partial charge in [0.15, 0.2) is 0 Å². The second-order valence-corrected chi connectivity index (χ2v) is 5.91. The van der Waals surface area contributed by atoms with Gasteiger partial charge in [-0.2, -0.15) is 0 Å². The van der Waals surface area contributed by atoms with E-state index in [4.69, 9.17) is 0 Å². The second-order valence-electron chi connectivity index (χ2n) is 4.75. The summed E-state index contributed by atoms with van der Waals surface area (Å²) >= 11 is 1.78. The molecule has 1 fully saturated rings. The van der Waals surface area contributed by atoms with Crippen molar-refractivity contribution in [2.24, 2.45) is 0 Å². The molecule has 5 heteroatoms. The van der Waals surface area contributed by atoms with Gasteiger partial charge in [-0.05, 0) is 24.3 Å². The number of amides is 2. The van der Waals surface area contributed by atoms with Crippen molar-refractivity contribution in [1.82, 2.24) is 10.2 Å². The number of rotatable bonds is 5. The van der Waals surface area contributed by atoms with Crippen LogP contribution in [0.15, 0.2) is 35.2 Å². The fourth-order valence-corrected chi connectivity index (χ4v) is 2.98. The number of nitrogens with one attached hydrogen (secondary N) is 1. The summed E-state index contributed by atoms with van der Waals surface area (Å²) < 4.78 is 0. The molecule has 20 heavy (non-hydrogen) atoms. The Balaban J connectivity index is 1.66. The van der Waals surface area contributed by atoms with Gasteiger partial charge in [-0.1, -0.05) is 18.2 Å². The zero-order valence-corrected chi connectivity index (χ0v) is 12.3. The first-order valence-electron chi connectivity index (χ1n) is 6.98. The Morgan fingerprint density at radius 1 is 1.25 bits per heavy atom. The maximum absolute atomic E-state index is 12.0. The van der Waals surface area contributed by atoms with E-state index in [9.17, 15) is 9.59 Å². The molecule has 0 radical (unpaired) electrons. The molecule has 0 atom stereocenters. The van der Waals surface area contributed by atoms with Gasteiger partial charge < -0.3 is 10.2 Å². The maximum Gasteiger partial charge on any atom is 0.222 e. The minimum absolute atomic E-state index is 0.0416. The summed E-state index contributed by atoms with van der Waals surface area (Å²) in [5.74, 6) is 1.15. The minimum atomic E-state index is 0.0416. The molecule has 108 valence electrons. The SMILES string of the molecule is O=C1CCN(C(=O)CCCSc2ccccc2)CCN1. The van der Waals surface area contributed by atoms with E-state index in [1.165, 1.54) is 4.90 Å². The van der Waals surface area contributed by atoms with Gasteiger partial charge in [-0.3, -0.25) is 9.59 Å². The Kier molecular flexibility index (Phi) is 5.92. The third kappa shape index (κ3) is 4.89. The zero-order valence-electron chi connectivity index (χ0n) is 11.5. The molecule has 2 rings (SSSR count). The lowest BCUT2D eigenvalue weighted by atomic mass is 10.3. The van der Waals surface area contributed by atoms with Gasteiger partial charge in [0.25, 0.3) is 0 Å². The molecule has 0 saturated carbocycles. The Hall–Kier alpha value is -1.49. The van der Waals surface area contributed by atoms with Crippen molar-refractivity contribution in [3.05, 3.63) is 30.3 Å². The van der Waals surface area contributed by atoms with Gasteiger partial charge in [-0.25, -0.2) is 0 Å². The van der Waals surface area contributed by atoms with E-state index < -0.39 is 0 Å². The summed E-state index contributed by atoms with van der Waals surface area (Å²) in [6.45, 7) is 1.76. The van der Waals surface area contributed by atoms with Gasteiger partial charge in [0.05, 0.1) is 0 Å². The molecule has 1 N–H and O–H groups in total. The van der Waals surface area contributed by atoms with E-state index in [0.29, 0.717) is 32.5 Å². The number of hydrogen-bond donors (Lipinski definition) is 1. The molecule has 1 aliphatic rings. The number of benzene rings is 1. The summed E-state index contributed by atoms with van der Waals surface area (Å²) in [6.07, 6.45) is 1.86. The van der Waals surface area contributed by atoms with E-state index in [1.54, 1.807) is 16.7 Å². The lowest BCUT2D eigenvalue weighted by Crippen LogP contribution is -2.34. The first-order valence-corrected chi connectivity index (χ1v) is 7.96. The van der Waals surface area contributed by atoms with E-state index in [1.807, 2.05) is 18.2 Å². The monoisotopic (exact) mass is 292 g/mol. The largest absolute Gasteiger partial charge is 0.354 e. The molecule has 1 aromatic carbocycles. The number of hydrogen-bond acceptors (Lipinski definition) is 3. The topological polar surface area (TPSA) is 49.4 Å². The van der Waals surface area contributed by atoms with Crippen LogP contribution in [0.1, 0.15) is 19.3 Å². The summed E-state index contributed by atoms with van der Waals surface area (Å²) in [5, 5.41) is 2.78. The van der Waals surface area contributed by atoms with E-state index in [0.717, 1.165) is 12.2 Å². The van der Waals surface area contributed by atoms with Gasteiger partial charge >= 0.3 is 0 Å². The third-order valence-electron chi connectivity index (χ3n) is 3.21. The third-order valence-corrected chi connectivity index (χ3v) is 4.31. The van der Waals surface area contributed by atoms with E-state index in [-0.39, 0.29) is 11.8 Å². The molecule has 0 aliphatic carbocycles. The van der Waals surface area contributed by atoms with Crippen molar-refractivity contribution in [3.63, 3.8) is 0 Å². The van der Waals surface area contributed by atoms with Crippen LogP contribution < -0.4 is 5.32 Å². The van der Waals surface area contributed by atoms with Gasteiger partial charge in [0, 0.05) is 37.4 Å². The molecule has 0 bridgehead atoms. The predicted octanol–water partition coefficient (Wildman–Crippen LogP) is 1.91. The van der Waals surface area contributed by atoms with Crippen LogP contribution in [0.5, 0.6) is 0 Å². The van der Waals surface area contributed by atoms with Crippen LogP contribution >= 0.6 is 11.8 Å². The van der Waals surface area contributed by atoms with Crippen molar-refractivity contribution in [2.75, 3.05) is 25.4 Å². The van der Waals surface area contributed by atoms with Gasteiger partial charge in [-0.15, -0.1) is 11.8 Å². The molecular weight excluding hydrogens is 272 g/mol. The smallest absolute Gasteiger partial charge is 0.222 e. The Bertz CT molecular complexity index is 450. The predicted molar refractivity (Wildman–Crippen MR) is 80.6 cm³/mol. The van der Waals surface area contributed by atoms with Crippen LogP contribution in [-0.4, -0.2) is 42.1 Å². The summed E-state index contributed by atoms with van der Waals surface area (Å²) in [7, 11) is 0. The quantitative estimate of drug-likeness (QED) is 0.666. The summed E-state index contributed by atoms with van der Waals surface area (Å²) in [5.41, 5.74) is 0. The van der Waals surface area contributed by atoms with Crippen LogP contribution in [0.25, 0.3) is 0 Å². The molecule has 1 saturated heterocycles. The first kappa shape index (κ1) is 14.9. The van der Waals surface area contributed by atoms with Crippen molar-refractivity contribution in [3.8, 4) is 0 Å². The van der Waals surface area contributed by atoms with Crippen molar-refractivity contribution < 1.29 is 9.59 Å². The standard InChI is InChI=1S/C15H20N2O2S/c18-14-8-10-17(11-9-16-14)15(19)7-4-12-20-13-5-2-1-3-6-13/h1-3,5-6H,4,7-12H2,(H,16,18). The molecule has 0 spiro atoms. The number of nitrogens with zero attached hydrogens (tertiary/aromatic N) is 1. The lowest BCUT2D eigenvalue weighted by Gasteiger charge is -2.19. The van der Waals surface area contributed by atoms with Crippen LogP contribution in [0.3, 0.4) is 0 Å². The molecule has 4 nitrogen and oxygen atoms in total.